The third-order valence-electron chi connectivity index (χ3n) is 4.43. The Morgan fingerprint density at radius 2 is 2.04 bits per heavy atom. The third-order valence-corrected chi connectivity index (χ3v) is 4.43. The van der Waals surface area contributed by atoms with E-state index in [2.05, 4.69) is 16.8 Å². The van der Waals surface area contributed by atoms with Crippen molar-refractivity contribution in [1.29, 1.82) is 0 Å². The largest absolute Gasteiger partial charge is 0.394 e. The molecule has 0 unspecified atom stereocenters. The number of rotatable bonds is 4. The Hall–Kier alpha value is -1.88. The maximum Gasteiger partial charge on any atom is 0.330 e. The van der Waals surface area contributed by atoms with E-state index in [4.69, 9.17) is 10.5 Å². The highest BCUT2D eigenvalue weighted by molar-refractivity contribution is 5.31. The number of aromatic amines is 1. The summed E-state index contributed by atoms with van der Waals surface area (Å²) in [6.45, 7) is 9.64. The van der Waals surface area contributed by atoms with E-state index in [9.17, 15) is 14.7 Å². The molecule has 1 saturated heterocycles. The maximum absolute atomic E-state index is 12.2. The van der Waals surface area contributed by atoms with E-state index in [-0.39, 0.29) is 35.1 Å². The second-order valence-electron chi connectivity index (χ2n) is 8.53. The molecule has 0 saturated carbocycles. The number of nitrogens with two attached hydrogens (primary N) is 1. The van der Waals surface area contributed by atoms with Crippen LogP contribution in [0.25, 0.3) is 0 Å². The molecule has 0 aliphatic carbocycles. The Kier molecular flexibility index (Phi) is 5.81. The molecule has 26 heavy (non-hydrogen) atoms. The summed E-state index contributed by atoms with van der Waals surface area (Å²) in [6.07, 6.45) is 1.83. The minimum absolute atomic E-state index is 0.106. The highest BCUT2D eigenvalue weighted by Gasteiger charge is 2.33. The quantitative estimate of drug-likeness (QED) is 0.690. The van der Waals surface area contributed by atoms with Crippen LogP contribution in [0.15, 0.2) is 15.8 Å². The maximum atomic E-state index is 12.2. The van der Waals surface area contributed by atoms with Crippen LogP contribution in [-0.4, -0.2) is 32.9 Å². The van der Waals surface area contributed by atoms with Crippen molar-refractivity contribution in [3.63, 3.8) is 0 Å². The van der Waals surface area contributed by atoms with Crippen LogP contribution in [0.3, 0.4) is 0 Å². The molecule has 1 aromatic rings. The number of H-pyrrole nitrogens is 1. The number of aromatic nitrogens is 2. The first-order chi connectivity index (χ1) is 11.9. The lowest BCUT2D eigenvalue weighted by molar-refractivity contribution is -0.0313. The lowest BCUT2D eigenvalue weighted by atomic mass is 9.81. The lowest BCUT2D eigenvalue weighted by Crippen LogP contribution is -2.37. The zero-order chi connectivity index (χ0) is 19.7. The highest BCUT2D eigenvalue weighted by atomic mass is 16.5. The first-order valence-corrected chi connectivity index (χ1v) is 8.86. The fourth-order valence-electron chi connectivity index (χ4n) is 3.47. The Morgan fingerprint density at radius 3 is 2.58 bits per heavy atom. The van der Waals surface area contributed by atoms with Gasteiger partial charge >= 0.3 is 5.69 Å². The summed E-state index contributed by atoms with van der Waals surface area (Å²) < 4.78 is 7.07. The Labute approximate surface area is 153 Å². The number of aliphatic hydroxyl groups is 1. The van der Waals surface area contributed by atoms with Gasteiger partial charge in [-0.05, 0) is 46.5 Å². The van der Waals surface area contributed by atoms with Gasteiger partial charge in [-0.25, -0.2) is 4.79 Å². The van der Waals surface area contributed by atoms with Crippen molar-refractivity contribution in [2.45, 2.75) is 65.3 Å². The van der Waals surface area contributed by atoms with Crippen molar-refractivity contribution < 1.29 is 9.84 Å². The van der Waals surface area contributed by atoms with Crippen molar-refractivity contribution in [2.75, 3.05) is 6.61 Å². The zero-order valence-corrected chi connectivity index (χ0v) is 16.1. The SMILES string of the molecule is C[C@H]1C[C@H](n2cc(C#CC(C)(C)CC(C)(C)N)c(=O)[nH]c2=O)O[C@@H]1CO. The number of aliphatic hydroxyl groups excluding tert-OH is 1. The van der Waals surface area contributed by atoms with Gasteiger partial charge in [-0.15, -0.1) is 0 Å². The van der Waals surface area contributed by atoms with Gasteiger partial charge in [-0.1, -0.05) is 18.8 Å². The molecular formula is C19H29N3O4. The molecule has 1 aliphatic heterocycles. The fraction of sp³-hybridized carbons (Fsp3) is 0.684. The van der Waals surface area contributed by atoms with Crippen LogP contribution in [-0.2, 0) is 4.74 Å². The average molecular weight is 363 g/mol. The van der Waals surface area contributed by atoms with Crippen LogP contribution < -0.4 is 17.0 Å². The molecule has 4 N–H and O–H groups in total. The number of ether oxygens (including phenoxy) is 1. The van der Waals surface area contributed by atoms with E-state index in [0.717, 1.165) is 0 Å². The fourth-order valence-corrected chi connectivity index (χ4v) is 3.47. The van der Waals surface area contributed by atoms with E-state index in [1.807, 2.05) is 34.6 Å². The van der Waals surface area contributed by atoms with E-state index < -0.39 is 17.5 Å². The monoisotopic (exact) mass is 363 g/mol. The van der Waals surface area contributed by atoms with Crippen molar-refractivity contribution in [1.82, 2.24) is 9.55 Å². The summed E-state index contributed by atoms with van der Waals surface area (Å²) >= 11 is 0. The minimum atomic E-state index is -0.543. The number of hydrogen-bond acceptors (Lipinski definition) is 5. The number of hydrogen-bond donors (Lipinski definition) is 3. The van der Waals surface area contributed by atoms with Crippen LogP contribution in [0.4, 0.5) is 0 Å². The van der Waals surface area contributed by atoms with Crippen molar-refractivity contribution in [3.8, 4) is 11.8 Å². The van der Waals surface area contributed by atoms with Gasteiger partial charge in [0.1, 0.15) is 11.8 Å². The van der Waals surface area contributed by atoms with Gasteiger partial charge in [0, 0.05) is 17.2 Å². The summed E-state index contributed by atoms with van der Waals surface area (Å²) in [6, 6.07) is 0. The third kappa shape index (κ3) is 5.07. The highest BCUT2D eigenvalue weighted by Crippen LogP contribution is 2.32. The molecule has 144 valence electrons. The summed E-state index contributed by atoms with van der Waals surface area (Å²) in [4.78, 5) is 26.6. The normalized spacial score (nSPS) is 23.6. The van der Waals surface area contributed by atoms with Crippen LogP contribution in [0.2, 0.25) is 0 Å². The van der Waals surface area contributed by atoms with Gasteiger partial charge in [-0.3, -0.25) is 14.3 Å². The van der Waals surface area contributed by atoms with E-state index in [1.165, 1.54) is 10.8 Å². The van der Waals surface area contributed by atoms with Crippen molar-refractivity contribution in [2.24, 2.45) is 17.1 Å². The van der Waals surface area contributed by atoms with Gasteiger partial charge in [0.2, 0.25) is 0 Å². The topological polar surface area (TPSA) is 110 Å². The van der Waals surface area contributed by atoms with Crippen molar-refractivity contribution >= 4 is 0 Å². The van der Waals surface area contributed by atoms with E-state index >= 15 is 0 Å². The molecule has 1 fully saturated rings. The molecule has 3 atom stereocenters. The van der Waals surface area contributed by atoms with E-state index in [0.29, 0.717) is 12.8 Å². The molecule has 7 nitrogen and oxygen atoms in total. The summed E-state index contributed by atoms with van der Waals surface area (Å²) in [5.41, 5.74) is 4.45. The summed E-state index contributed by atoms with van der Waals surface area (Å²) in [7, 11) is 0. The Balaban J connectivity index is 2.34. The molecule has 0 bridgehead atoms. The first kappa shape index (κ1) is 20.4. The molecule has 2 heterocycles. The molecule has 0 spiro atoms. The zero-order valence-electron chi connectivity index (χ0n) is 16.1. The Bertz CT molecular complexity index is 820. The number of nitrogens with one attached hydrogen (secondary N) is 1. The molecule has 0 radical (unpaired) electrons. The molecule has 1 aromatic heterocycles. The van der Waals surface area contributed by atoms with E-state index in [1.54, 1.807) is 0 Å². The van der Waals surface area contributed by atoms with Gasteiger partial charge in [0.25, 0.3) is 5.56 Å². The van der Waals surface area contributed by atoms with Gasteiger partial charge in [0.05, 0.1) is 12.7 Å². The average Bonchev–Trinajstić information content (AvgIpc) is 2.84. The smallest absolute Gasteiger partial charge is 0.330 e. The second-order valence-corrected chi connectivity index (χ2v) is 8.53. The lowest BCUT2D eigenvalue weighted by Gasteiger charge is -2.27. The molecular weight excluding hydrogens is 334 g/mol. The standard InChI is InChI=1S/C19H29N3O4/c1-12-8-15(26-14(12)10-23)22-9-13(16(24)21-17(22)25)6-7-18(2,3)11-19(4,5)20/h9,12,14-15,23H,8,10-11,20H2,1-5H3,(H,21,24,25)/t12-,14+,15+/m0/s1. The van der Waals surface area contributed by atoms with Crippen molar-refractivity contribution in [3.05, 3.63) is 32.6 Å². The first-order valence-electron chi connectivity index (χ1n) is 8.86. The summed E-state index contributed by atoms with van der Waals surface area (Å²) in [5, 5.41) is 9.33. The second kappa shape index (κ2) is 7.39. The van der Waals surface area contributed by atoms with Crippen LogP contribution in [0.5, 0.6) is 0 Å². The van der Waals surface area contributed by atoms with Gasteiger partial charge < -0.3 is 15.6 Å². The minimum Gasteiger partial charge on any atom is -0.394 e. The summed E-state index contributed by atoms with van der Waals surface area (Å²) in [5.74, 6) is 6.10. The Morgan fingerprint density at radius 1 is 1.38 bits per heavy atom. The molecule has 0 aromatic carbocycles. The van der Waals surface area contributed by atoms with Gasteiger partial charge in [0.15, 0.2) is 0 Å². The van der Waals surface area contributed by atoms with Crippen LogP contribution >= 0.6 is 0 Å². The van der Waals surface area contributed by atoms with Crippen LogP contribution in [0.1, 0.15) is 59.3 Å². The molecule has 0 amide bonds. The molecule has 1 aliphatic rings. The molecule has 7 heteroatoms. The molecule has 2 rings (SSSR count). The predicted octanol–water partition coefficient (Wildman–Crippen LogP) is 0.958. The van der Waals surface area contributed by atoms with Gasteiger partial charge in [-0.2, -0.15) is 0 Å². The predicted molar refractivity (Wildman–Crippen MR) is 99.6 cm³/mol. The number of nitrogens with zero attached hydrogens (tertiary/aromatic N) is 1. The van der Waals surface area contributed by atoms with Crippen LogP contribution in [0, 0.1) is 23.2 Å².